The van der Waals surface area contributed by atoms with Crippen LogP contribution in [0.25, 0.3) is 0 Å². The molecule has 0 unspecified atom stereocenters. The molecule has 1 N–H and O–H groups in total. The van der Waals surface area contributed by atoms with Gasteiger partial charge in [-0.3, -0.25) is 19.6 Å². The average molecular weight is 359 g/mol. The van der Waals surface area contributed by atoms with E-state index in [1.807, 2.05) is 11.8 Å². The molecule has 2 aromatic rings. The molecule has 0 spiro atoms. The summed E-state index contributed by atoms with van der Waals surface area (Å²) in [5.74, 6) is 0.829. The fourth-order valence-corrected chi connectivity index (χ4v) is 4.48. The van der Waals surface area contributed by atoms with Crippen LogP contribution >= 0.6 is 11.3 Å². The van der Waals surface area contributed by atoms with Crippen LogP contribution in [0.15, 0.2) is 11.4 Å². The molecule has 2 aliphatic rings. The van der Waals surface area contributed by atoms with Crippen molar-refractivity contribution in [1.82, 2.24) is 25.0 Å². The molecular weight excluding hydrogens is 338 g/mol. The fraction of sp³-hybridized carbons (Fsp3) is 0.529. The summed E-state index contributed by atoms with van der Waals surface area (Å²) in [6, 6.07) is 1.55. The van der Waals surface area contributed by atoms with Crippen LogP contribution in [0.5, 0.6) is 0 Å². The molecular formula is C17H21N5O2S. The maximum absolute atomic E-state index is 12.6. The van der Waals surface area contributed by atoms with Crippen LogP contribution < -0.4 is 0 Å². The van der Waals surface area contributed by atoms with E-state index in [9.17, 15) is 9.59 Å². The number of aromatic amines is 1. The van der Waals surface area contributed by atoms with Gasteiger partial charge in [-0.25, -0.2) is 4.98 Å². The van der Waals surface area contributed by atoms with Gasteiger partial charge in [-0.05, 0) is 24.8 Å². The summed E-state index contributed by atoms with van der Waals surface area (Å²) in [6.45, 7) is 7.93. The molecule has 2 aliphatic heterocycles. The smallest absolute Gasteiger partial charge is 0.271 e. The Balaban J connectivity index is 1.35. The highest BCUT2D eigenvalue weighted by Gasteiger charge is 2.42. The number of thiazole rings is 1. The zero-order valence-corrected chi connectivity index (χ0v) is 15.2. The van der Waals surface area contributed by atoms with Crippen molar-refractivity contribution >= 4 is 23.0 Å². The van der Waals surface area contributed by atoms with Gasteiger partial charge in [0.2, 0.25) is 0 Å². The number of Topliss-reactive ketones (excluding diaryl/α,β-unsaturated/α-hetero) is 1. The van der Waals surface area contributed by atoms with E-state index >= 15 is 0 Å². The molecule has 0 aliphatic carbocycles. The van der Waals surface area contributed by atoms with Crippen LogP contribution in [0, 0.1) is 18.8 Å². The summed E-state index contributed by atoms with van der Waals surface area (Å²) in [5, 5.41) is 9.83. The van der Waals surface area contributed by atoms with Crippen LogP contribution in [0.2, 0.25) is 0 Å². The molecule has 25 heavy (non-hydrogen) atoms. The first kappa shape index (κ1) is 16.4. The van der Waals surface area contributed by atoms with Crippen molar-refractivity contribution in [2.24, 2.45) is 11.8 Å². The van der Waals surface area contributed by atoms with Crippen molar-refractivity contribution < 1.29 is 9.59 Å². The number of hydrogen-bond donors (Lipinski definition) is 1. The van der Waals surface area contributed by atoms with Gasteiger partial charge in [-0.1, -0.05) is 0 Å². The van der Waals surface area contributed by atoms with E-state index < -0.39 is 0 Å². The van der Waals surface area contributed by atoms with Gasteiger partial charge in [0.15, 0.2) is 5.78 Å². The number of carbonyl (C=O) groups excluding carboxylic acids is 2. The molecule has 8 heteroatoms. The van der Waals surface area contributed by atoms with Crippen LogP contribution in [0.3, 0.4) is 0 Å². The van der Waals surface area contributed by atoms with Gasteiger partial charge >= 0.3 is 0 Å². The number of hydrogen-bond acceptors (Lipinski definition) is 6. The first-order valence-corrected chi connectivity index (χ1v) is 9.36. The first-order valence-electron chi connectivity index (χ1n) is 8.48. The van der Waals surface area contributed by atoms with Crippen molar-refractivity contribution in [3.63, 3.8) is 0 Å². The summed E-state index contributed by atoms with van der Waals surface area (Å²) >= 11 is 1.69. The molecule has 2 atom stereocenters. The minimum atomic E-state index is -0.137. The number of rotatable bonds is 4. The van der Waals surface area contributed by atoms with Gasteiger partial charge in [0.1, 0.15) is 11.4 Å². The quantitative estimate of drug-likeness (QED) is 0.838. The standard InChI is InChI=1S/C17H21N5O2S/c1-10(23)15-3-16(20-19-15)17(24)22-6-12-4-21(5-13(12)7-22)8-14-9-25-11(2)18-14/h3,9,12-13H,4-8H2,1-2H3,(H,19,20)/t12-,13-/m0/s1. The first-order chi connectivity index (χ1) is 12.0. The second-order valence-corrected chi connectivity index (χ2v) is 8.07. The number of nitrogens with zero attached hydrogens (tertiary/aromatic N) is 4. The van der Waals surface area contributed by atoms with Crippen molar-refractivity contribution in [2.75, 3.05) is 26.2 Å². The Morgan fingerprint density at radius 2 is 2.00 bits per heavy atom. The number of carbonyl (C=O) groups is 2. The number of likely N-dealkylation sites (tertiary alicyclic amines) is 2. The van der Waals surface area contributed by atoms with Crippen molar-refractivity contribution in [2.45, 2.75) is 20.4 Å². The minimum absolute atomic E-state index is 0.0592. The average Bonchev–Trinajstić information content (AvgIpc) is 3.29. The molecule has 4 rings (SSSR count). The highest BCUT2D eigenvalue weighted by Crippen LogP contribution is 2.32. The third-order valence-corrected chi connectivity index (χ3v) is 5.89. The topological polar surface area (TPSA) is 82.2 Å². The highest BCUT2D eigenvalue weighted by molar-refractivity contribution is 7.09. The zero-order chi connectivity index (χ0) is 17.6. The predicted octanol–water partition coefficient (Wildman–Crippen LogP) is 1.58. The van der Waals surface area contributed by atoms with Crippen molar-refractivity contribution in [3.05, 3.63) is 33.5 Å². The van der Waals surface area contributed by atoms with E-state index in [4.69, 9.17) is 0 Å². The Kier molecular flexibility index (Phi) is 4.16. The van der Waals surface area contributed by atoms with Crippen LogP contribution in [-0.2, 0) is 6.54 Å². The molecule has 132 valence electrons. The summed E-state index contributed by atoms with van der Waals surface area (Å²) < 4.78 is 0. The molecule has 7 nitrogen and oxygen atoms in total. The molecule has 2 saturated heterocycles. The number of aromatic nitrogens is 3. The number of ketones is 1. The van der Waals surface area contributed by atoms with E-state index in [2.05, 4.69) is 25.5 Å². The van der Waals surface area contributed by atoms with Gasteiger partial charge in [-0.2, -0.15) is 5.10 Å². The van der Waals surface area contributed by atoms with Crippen LogP contribution in [0.4, 0.5) is 0 Å². The minimum Gasteiger partial charge on any atom is -0.337 e. The number of H-pyrrole nitrogens is 1. The highest BCUT2D eigenvalue weighted by atomic mass is 32.1. The van der Waals surface area contributed by atoms with E-state index in [1.165, 1.54) is 6.92 Å². The van der Waals surface area contributed by atoms with E-state index in [0.717, 1.165) is 43.4 Å². The lowest BCUT2D eigenvalue weighted by Gasteiger charge is -2.20. The number of fused-ring (bicyclic) bond motifs is 1. The lowest BCUT2D eigenvalue weighted by molar-refractivity contribution is 0.0767. The maximum Gasteiger partial charge on any atom is 0.271 e. The summed E-state index contributed by atoms with van der Waals surface area (Å²) in [7, 11) is 0. The van der Waals surface area contributed by atoms with Crippen LogP contribution in [-0.4, -0.2) is 62.9 Å². The van der Waals surface area contributed by atoms with Gasteiger partial charge in [0, 0.05) is 45.0 Å². The lowest BCUT2D eigenvalue weighted by Crippen LogP contribution is -2.33. The third-order valence-electron chi connectivity index (χ3n) is 5.07. The number of amides is 1. The molecule has 0 bridgehead atoms. The monoisotopic (exact) mass is 359 g/mol. The molecule has 1 amide bonds. The largest absolute Gasteiger partial charge is 0.337 e. The molecule has 0 radical (unpaired) electrons. The van der Waals surface area contributed by atoms with Crippen molar-refractivity contribution in [3.8, 4) is 0 Å². The third kappa shape index (κ3) is 3.23. The second kappa shape index (κ2) is 6.34. The molecule has 0 saturated carbocycles. The maximum atomic E-state index is 12.6. The Bertz CT molecular complexity index is 800. The van der Waals surface area contributed by atoms with Gasteiger partial charge < -0.3 is 4.90 Å². The summed E-state index contributed by atoms with van der Waals surface area (Å²) in [6.07, 6.45) is 0. The second-order valence-electron chi connectivity index (χ2n) is 7.01. The molecule has 2 aromatic heterocycles. The van der Waals surface area contributed by atoms with E-state index in [0.29, 0.717) is 23.2 Å². The molecule has 2 fully saturated rings. The fourth-order valence-electron chi connectivity index (χ4n) is 3.88. The Morgan fingerprint density at radius 3 is 2.56 bits per heavy atom. The zero-order valence-electron chi connectivity index (χ0n) is 14.4. The molecule has 4 heterocycles. The number of nitrogens with one attached hydrogen (secondary N) is 1. The number of aryl methyl sites for hydroxylation is 1. The lowest BCUT2D eigenvalue weighted by atomic mass is 10.0. The van der Waals surface area contributed by atoms with Gasteiger partial charge in [0.05, 0.1) is 10.7 Å². The normalized spacial score (nSPS) is 23.2. The Morgan fingerprint density at radius 1 is 1.28 bits per heavy atom. The Hall–Kier alpha value is -2.06. The predicted molar refractivity (Wildman–Crippen MR) is 93.6 cm³/mol. The van der Waals surface area contributed by atoms with E-state index in [1.54, 1.807) is 17.4 Å². The van der Waals surface area contributed by atoms with Crippen molar-refractivity contribution in [1.29, 1.82) is 0 Å². The van der Waals surface area contributed by atoms with Crippen LogP contribution in [0.1, 0.15) is 38.6 Å². The van der Waals surface area contributed by atoms with Gasteiger partial charge in [0.25, 0.3) is 5.91 Å². The molecule has 0 aromatic carbocycles. The van der Waals surface area contributed by atoms with E-state index in [-0.39, 0.29) is 11.7 Å². The summed E-state index contributed by atoms with van der Waals surface area (Å²) in [4.78, 5) is 32.8. The Labute approximate surface area is 150 Å². The van der Waals surface area contributed by atoms with Gasteiger partial charge in [-0.15, -0.1) is 11.3 Å². The summed E-state index contributed by atoms with van der Waals surface area (Å²) in [5.41, 5.74) is 1.86. The SMILES string of the molecule is CC(=O)c1cc(C(=O)N2C[C@@H]3CN(Cc4csc(C)n4)C[C@H]3C2)[nH]n1.